The van der Waals surface area contributed by atoms with Gasteiger partial charge in [-0.3, -0.25) is 19.5 Å². The Labute approximate surface area is 221 Å². The lowest BCUT2D eigenvalue weighted by molar-refractivity contribution is -0.123. The number of nitrogens with one attached hydrogen (secondary N) is 1. The van der Waals surface area contributed by atoms with E-state index in [9.17, 15) is 27.2 Å². The van der Waals surface area contributed by atoms with Crippen LogP contribution in [0.2, 0.25) is 5.02 Å². The molecule has 3 aromatic rings. The summed E-state index contributed by atoms with van der Waals surface area (Å²) in [6, 6.07) is 11.7. The second-order valence-electron chi connectivity index (χ2n) is 8.72. The van der Waals surface area contributed by atoms with Crippen LogP contribution < -0.4 is 5.32 Å². The minimum atomic E-state index is -1.30. The monoisotopic (exact) mass is 543 g/mol. The molecular formula is C28H22ClF4N3O2. The second-order valence-corrected chi connectivity index (χ2v) is 9.13. The molecule has 4 rings (SSSR count). The number of carbonyl (C=O) groups is 2. The van der Waals surface area contributed by atoms with Crippen molar-refractivity contribution in [3.63, 3.8) is 0 Å². The summed E-state index contributed by atoms with van der Waals surface area (Å²) in [5.41, 5.74) is 0.182. The number of benzene rings is 3. The summed E-state index contributed by atoms with van der Waals surface area (Å²) in [5, 5.41) is 2.76. The molecule has 10 heteroatoms. The van der Waals surface area contributed by atoms with E-state index in [4.69, 9.17) is 11.6 Å². The van der Waals surface area contributed by atoms with Crippen molar-refractivity contribution in [1.29, 1.82) is 0 Å². The van der Waals surface area contributed by atoms with E-state index < -0.39 is 58.6 Å². The van der Waals surface area contributed by atoms with Crippen LogP contribution in [-0.4, -0.2) is 22.5 Å². The van der Waals surface area contributed by atoms with Crippen LogP contribution in [0.3, 0.4) is 0 Å². The van der Waals surface area contributed by atoms with Gasteiger partial charge >= 0.3 is 0 Å². The van der Waals surface area contributed by atoms with Crippen molar-refractivity contribution in [2.75, 3.05) is 0 Å². The third-order valence-corrected chi connectivity index (χ3v) is 6.48. The molecule has 0 radical (unpaired) electrons. The van der Waals surface area contributed by atoms with Crippen LogP contribution in [0.25, 0.3) is 0 Å². The van der Waals surface area contributed by atoms with Gasteiger partial charge in [-0.2, -0.15) is 0 Å². The molecule has 1 aliphatic heterocycles. The molecule has 196 valence electrons. The molecule has 0 fully saturated rings. The number of hydrogen-bond acceptors (Lipinski definition) is 3. The van der Waals surface area contributed by atoms with E-state index in [1.807, 2.05) is 30.3 Å². The average molecular weight is 544 g/mol. The fraction of sp³-hybridized carbons (Fsp3) is 0.179. The summed E-state index contributed by atoms with van der Waals surface area (Å²) in [6.45, 7) is 4.31. The Morgan fingerprint density at radius 2 is 1.61 bits per heavy atom. The van der Waals surface area contributed by atoms with E-state index in [-0.39, 0.29) is 21.9 Å². The number of amidine groups is 1. The SMILES string of the molecule is CC(=O)N1C(c2c(F)cc(F)cc2F)=N[C@@H](c2ccc(F)cc2Cl)C(C(=O)N[C@@H](C)c2ccccc2)=C1C. The zero-order chi connectivity index (χ0) is 27.7. The van der Waals surface area contributed by atoms with Crippen LogP contribution >= 0.6 is 11.6 Å². The van der Waals surface area contributed by atoms with E-state index in [0.29, 0.717) is 12.1 Å². The molecule has 1 aliphatic rings. The van der Waals surface area contributed by atoms with Crippen LogP contribution in [0.4, 0.5) is 17.6 Å². The van der Waals surface area contributed by atoms with Gasteiger partial charge in [0.25, 0.3) is 5.91 Å². The van der Waals surface area contributed by atoms with Crippen molar-refractivity contribution in [2.45, 2.75) is 32.9 Å². The molecule has 0 aliphatic carbocycles. The maximum Gasteiger partial charge on any atom is 0.251 e. The van der Waals surface area contributed by atoms with Gasteiger partial charge in [-0.05, 0) is 31.5 Å². The Morgan fingerprint density at radius 3 is 2.18 bits per heavy atom. The van der Waals surface area contributed by atoms with Crippen LogP contribution in [0.5, 0.6) is 0 Å². The fourth-order valence-electron chi connectivity index (χ4n) is 4.38. The number of carbonyl (C=O) groups excluding carboxylic acids is 2. The molecule has 2 amide bonds. The average Bonchev–Trinajstić information content (AvgIpc) is 2.83. The maximum atomic E-state index is 14.9. The maximum absolute atomic E-state index is 14.9. The molecular weight excluding hydrogens is 522 g/mol. The van der Waals surface area contributed by atoms with Gasteiger partial charge in [0.15, 0.2) is 0 Å². The van der Waals surface area contributed by atoms with Gasteiger partial charge in [0.05, 0.1) is 17.2 Å². The number of allylic oxidation sites excluding steroid dienone is 1. The number of nitrogens with zero attached hydrogens (tertiary/aromatic N) is 2. The number of aliphatic imine (C=N–C) groups is 1. The predicted octanol–water partition coefficient (Wildman–Crippen LogP) is 6.40. The van der Waals surface area contributed by atoms with Gasteiger partial charge in [0.1, 0.15) is 35.1 Å². The molecule has 1 heterocycles. The second kappa shape index (κ2) is 10.8. The van der Waals surface area contributed by atoms with Gasteiger partial charge in [0.2, 0.25) is 5.91 Å². The first-order valence-electron chi connectivity index (χ1n) is 11.5. The summed E-state index contributed by atoms with van der Waals surface area (Å²) in [6.07, 6.45) is 0. The van der Waals surface area contributed by atoms with Gasteiger partial charge in [-0.25, -0.2) is 17.6 Å². The third kappa shape index (κ3) is 5.19. The summed E-state index contributed by atoms with van der Waals surface area (Å²) in [4.78, 5) is 31.7. The zero-order valence-electron chi connectivity index (χ0n) is 20.5. The predicted molar refractivity (Wildman–Crippen MR) is 135 cm³/mol. The van der Waals surface area contributed by atoms with E-state index in [1.54, 1.807) is 6.92 Å². The summed E-state index contributed by atoms with van der Waals surface area (Å²) >= 11 is 6.32. The molecule has 5 nitrogen and oxygen atoms in total. The van der Waals surface area contributed by atoms with Crippen molar-refractivity contribution >= 4 is 29.3 Å². The van der Waals surface area contributed by atoms with Gasteiger partial charge in [0, 0.05) is 35.3 Å². The molecule has 0 unspecified atom stereocenters. The van der Waals surface area contributed by atoms with E-state index in [1.165, 1.54) is 13.0 Å². The van der Waals surface area contributed by atoms with Gasteiger partial charge < -0.3 is 5.32 Å². The smallest absolute Gasteiger partial charge is 0.251 e. The van der Waals surface area contributed by atoms with E-state index in [0.717, 1.165) is 29.5 Å². The van der Waals surface area contributed by atoms with Crippen LogP contribution in [0.15, 0.2) is 76.9 Å². The molecule has 0 saturated heterocycles. The Balaban J connectivity index is 1.91. The lowest BCUT2D eigenvalue weighted by Crippen LogP contribution is -2.42. The lowest BCUT2D eigenvalue weighted by Gasteiger charge is -2.34. The van der Waals surface area contributed by atoms with Crippen molar-refractivity contribution in [3.8, 4) is 0 Å². The Hall–Kier alpha value is -3.98. The Morgan fingerprint density at radius 1 is 0.974 bits per heavy atom. The minimum absolute atomic E-state index is 0.0220. The number of hydrogen-bond donors (Lipinski definition) is 1. The highest BCUT2D eigenvalue weighted by molar-refractivity contribution is 6.31. The lowest BCUT2D eigenvalue weighted by atomic mass is 9.93. The first kappa shape index (κ1) is 27.1. The highest BCUT2D eigenvalue weighted by Crippen LogP contribution is 2.39. The third-order valence-electron chi connectivity index (χ3n) is 6.16. The van der Waals surface area contributed by atoms with E-state index >= 15 is 0 Å². The first-order chi connectivity index (χ1) is 18.0. The summed E-state index contributed by atoms with van der Waals surface area (Å²) in [5.74, 6) is -6.21. The van der Waals surface area contributed by atoms with Gasteiger partial charge in [-0.15, -0.1) is 0 Å². The standard InChI is InChI=1S/C28H22ClF4N3O2/c1-14(17-7-5-4-6-8-17)34-28(38)24-15(2)36(16(3)37)27(25-22(32)12-19(31)13-23(25)33)35-26(24)20-10-9-18(30)11-21(20)29/h4-14,26H,1-3H3,(H,34,38)/t14-,26-/m0/s1. The van der Waals surface area contributed by atoms with Crippen LogP contribution in [-0.2, 0) is 9.59 Å². The highest BCUT2D eigenvalue weighted by Gasteiger charge is 2.38. The van der Waals surface area contributed by atoms with Crippen molar-refractivity contribution in [3.05, 3.63) is 117 Å². The first-order valence-corrected chi connectivity index (χ1v) is 11.9. The van der Waals surface area contributed by atoms with Crippen molar-refractivity contribution in [1.82, 2.24) is 10.2 Å². The Kier molecular flexibility index (Phi) is 7.68. The number of halogens is 5. The number of amides is 2. The molecule has 2 atom stereocenters. The highest BCUT2D eigenvalue weighted by atomic mass is 35.5. The normalized spacial score (nSPS) is 16.3. The molecule has 38 heavy (non-hydrogen) atoms. The molecule has 0 saturated carbocycles. The molecule has 0 spiro atoms. The molecule has 3 aromatic carbocycles. The van der Waals surface area contributed by atoms with Crippen LogP contribution in [0.1, 0.15) is 49.5 Å². The topological polar surface area (TPSA) is 61.8 Å². The fourth-order valence-corrected chi connectivity index (χ4v) is 4.65. The van der Waals surface area contributed by atoms with Crippen molar-refractivity contribution in [2.24, 2.45) is 4.99 Å². The molecule has 0 bridgehead atoms. The van der Waals surface area contributed by atoms with Gasteiger partial charge in [-0.1, -0.05) is 48.0 Å². The van der Waals surface area contributed by atoms with E-state index in [2.05, 4.69) is 10.3 Å². The Bertz CT molecular complexity index is 1470. The largest absolute Gasteiger partial charge is 0.346 e. The number of rotatable bonds is 5. The molecule has 1 N–H and O–H groups in total. The van der Waals surface area contributed by atoms with Crippen LogP contribution in [0, 0.1) is 23.3 Å². The zero-order valence-corrected chi connectivity index (χ0v) is 21.3. The molecule has 0 aromatic heterocycles. The quantitative estimate of drug-likeness (QED) is 0.379. The minimum Gasteiger partial charge on any atom is -0.346 e. The summed E-state index contributed by atoms with van der Waals surface area (Å²) in [7, 11) is 0. The summed E-state index contributed by atoms with van der Waals surface area (Å²) < 4.78 is 57.2. The van der Waals surface area contributed by atoms with Crippen molar-refractivity contribution < 1.29 is 27.2 Å².